The predicted molar refractivity (Wildman–Crippen MR) is 107 cm³/mol. The number of anilines is 1. The molecule has 0 aromatic heterocycles. The monoisotopic (exact) mass is 482 g/mol. The lowest BCUT2D eigenvalue weighted by molar-refractivity contribution is -0.275. The van der Waals surface area contributed by atoms with Gasteiger partial charge in [0.2, 0.25) is 10.0 Å². The molecule has 0 atom stereocenters. The Kier molecular flexibility index (Phi) is 7.44. The minimum absolute atomic E-state index is 0.0312. The third-order valence-electron chi connectivity index (χ3n) is 4.12. The molecular weight excluding hydrogens is 461 g/mol. The number of alkyl halides is 3. The van der Waals surface area contributed by atoms with E-state index in [1.165, 1.54) is 35.7 Å². The van der Waals surface area contributed by atoms with Crippen LogP contribution in [0.3, 0.4) is 0 Å². The van der Waals surface area contributed by atoms with E-state index in [0.29, 0.717) is 0 Å². The Balaban J connectivity index is 2.53. The molecule has 2 aromatic rings. The van der Waals surface area contributed by atoms with Crippen LogP contribution in [0.5, 0.6) is 11.5 Å². The molecule has 2 aromatic carbocycles. The Hall–Kier alpha value is -2.51. The summed E-state index contributed by atoms with van der Waals surface area (Å²) in [4.78, 5) is -0.999. The van der Waals surface area contributed by atoms with Crippen LogP contribution in [-0.4, -0.2) is 47.7 Å². The maximum Gasteiger partial charge on any atom is 0.573 e. The Bertz CT molecular complexity index is 1130. The van der Waals surface area contributed by atoms with Crippen molar-refractivity contribution in [3.63, 3.8) is 0 Å². The van der Waals surface area contributed by atoms with Gasteiger partial charge in [0, 0.05) is 13.1 Å². The van der Waals surface area contributed by atoms with Crippen LogP contribution in [0.4, 0.5) is 18.9 Å². The molecule has 0 amide bonds. The summed E-state index contributed by atoms with van der Waals surface area (Å²) in [6.07, 6.45) is -5.11. The smallest absolute Gasteiger partial charge is 0.495 e. The van der Waals surface area contributed by atoms with Gasteiger partial charge < -0.3 is 9.47 Å². The number of nitrogens with one attached hydrogen (secondary N) is 1. The lowest BCUT2D eigenvalue weighted by atomic mass is 10.3. The fourth-order valence-corrected chi connectivity index (χ4v) is 5.40. The molecule has 0 spiro atoms. The van der Waals surface area contributed by atoms with Crippen molar-refractivity contribution in [2.45, 2.75) is 30.0 Å². The Labute approximate surface area is 178 Å². The van der Waals surface area contributed by atoms with E-state index >= 15 is 0 Å². The van der Waals surface area contributed by atoms with Gasteiger partial charge in [-0.2, -0.15) is 4.31 Å². The van der Waals surface area contributed by atoms with Crippen LogP contribution >= 0.6 is 0 Å². The second kappa shape index (κ2) is 9.32. The van der Waals surface area contributed by atoms with Crippen LogP contribution in [-0.2, 0) is 20.0 Å². The molecule has 0 unspecified atom stereocenters. The van der Waals surface area contributed by atoms with E-state index in [1.807, 2.05) is 0 Å². The van der Waals surface area contributed by atoms with E-state index in [0.717, 1.165) is 18.2 Å². The number of rotatable bonds is 9. The van der Waals surface area contributed by atoms with Gasteiger partial charge in [-0.1, -0.05) is 26.0 Å². The summed E-state index contributed by atoms with van der Waals surface area (Å²) in [7, 11) is -7.31. The van der Waals surface area contributed by atoms with Crippen LogP contribution in [0.1, 0.15) is 13.8 Å². The van der Waals surface area contributed by atoms with Gasteiger partial charge in [0.15, 0.2) is 0 Å². The minimum atomic E-state index is -5.11. The molecule has 0 saturated carbocycles. The zero-order valence-electron chi connectivity index (χ0n) is 16.8. The van der Waals surface area contributed by atoms with Crippen LogP contribution in [0.25, 0.3) is 0 Å². The number of hydrogen-bond acceptors (Lipinski definition) is 6. The standard InChI is InChI=1S/C18H21F3N2O6S2/c1-4-23(5-2)31(26,27)13-10-11-15(28-3)14(12-13)22-30(24,25)17-9-7-6-8-16(17)29-18(19,20)21/h6-12,22H,4-5H2,1-3H3. The Morgan fingerprint density at radius 2 is 1.58 bits per heavy atom. The molecule has 0 radical (unpaired) electrons. The van der Waals surface area contributed by atoms with E-state index < -0.39 is 37.1 Å². The summed E-state index contributed by atoms with van der Waals surface area (Å²) in [5.74, 6) is -0.968. The first kappa shape index (κ1) is 24.8. The highest BCUT2D eigenvalue weighted by Gasteiger charge is 2.34. The van der Waals surface area contributed by atoms with Crippen molar-refractivity contribution in [3.05, 3.63) is 42.5 Å². The summed E-state index contributed by atoms with van der Waals surface area (Å²) < 4.78 is 101. The molecule has 0 fully saturated rings. The molecule has 0 aliphatic rings. The van der Waals surface area contributed by atoms with Crippen molar-refractivity contribution in [3.8, 4) is 11.5 Å². The van der Waals surface area contributed by atoms with Gasteiger partial charge in [-0.3, -0.25) is 4.72 Å². The molecule has 0 saturated heterocycles. The number of halogens is 3. The first-order chi connectivity index (χ1) is 14.4. The van der Waals surface area contributed by atoms with Crippen molar-refractivity contribution < 1.29 is 39.5 Å². The summed E-state index contributed by atoms with van der Waals surface area (Å²) in [5, 5.41) is 0. The second-order valence-corrected chi connectivity index (χ2v) is 9.64. The highest BCUT2D eigenvalue weighted by molar-refractivity contribution is 7.92. The van der Waals surface area contributed by atoms with Crippen LogP contribution < -0.4 is 14.2 Å². The van der Waals surface area contributed by atoms with Gasteiger partial charge in [-0.25, -0.2) is 16.8 Å². The Morgan fingerprint density at radius 3 is 2.13 bits per heavy atom. The molecule has 2 rings (SSSR count). The molecule has 1 N–H and O–H groups in total. The van der Waals surface area contributed by atoms with Crippen molar-refractivity contribution in [2.24, 2.45) is 0 Å². The topological polar surface area (TPSA) is 102 Å². The van der Waals surface area contributed by atoms with Crippen LogP contribution in [0, 0.1) is 0 Å². The first-order valence-electron chi connectivity index (χ1n) is 8.91. The largest absolute Gasteiger partial charge is 0.573 e. The van der Waals surface area contributed by atoms with Gasteiger partial charge in [-0.05, 0) is 30.3 Å². The number of hydrogen-bond donors (Lipinski definition) is 1. The number of nitrogens with zero attached hydrogens (tertiary/aromatic N) is 1. The molecule has 0 aliphatic heterocycles. The van der Waals surface area contributed by atoms with E-state index in [2.05, 4.69) is 9.46 Å². The van der Waals surface area contributed by atoms with Crippen molar-refractivity contribution >= 4 is 25.7 Å². The maximum absolute atomic E-state index is 12.8. The molecule has 8 nitrogen and oxygen atoms in total. The van der Waals surface area contributed by atoms with Crippen molar-refractivity contribution in [2.75, 3.05) is 24.9 Å². The molecule has 172 valence electrons. The summed E-state index contributed by atoms with van der Waals surface area (Å²) >= 11 is 0. The summed E-state index contributed by atoms with van der Waals surface area (Å²) in [6, 6.07) is 7.69. The third-order valence-corrected chi connectivity index (χ3v) is 7.57. The highest BCUT2D eigenvalue weighted by Crippen LogP contribution is 2.34. The van der Waals surface area contributed by atoms with Crippen LogP contribution in [0.2, 0.25) is 0 Å². The van der Waals surface area contributed by atoms with Gasteiger partial charge in [-0.15, -0.1) is 13.2 Å². The number of para-hydroxylation sites is 1. The number of benzene rings is 2. The minimum Gasteiger partial charge on any atom is -0.495 e. The third kappa shape index (κ3) is 5.80. The maximum atomic E-state index is 12.8. The summed E-state index contributed by atoms with van der Waals surface area (Å²) in [5.41, 5.74) is -0.266. The van der Waals surface area contributed by atoms with Crippen LogP contribution in [0.15, 0.2) is 52.3 Å². The number of sulfonamides is 2. The predicted octanol–water partition coefficient (Wildman–Crippen LogP) is 3.43. The molecule has 0 bridgehead atoms. The van der Waals surface area contributed by atoms with Gasteiger partial charge in [0.25, 0.3) is 10.0 Å². The number of methoxy groups -OCH3 is 1. The van der Waals surface area contributed by atoms with Gasteiger partial charge >= 0.3 is 6.36 Å². The van der Waals surface area contributed by atoms with Crippen molar-refractivity contribution in [1.82, 2.24) is 4.31 Å². The SMILES string of the molecule is CCN(CC)S(=O)(=O)c1ccc(OC)c(NS(=O)(=O)c2ccccc2OC(F)(F)F)c1. The lowest BCUT2D eigenvalue weighted by Gasteiger charge is -2.20. The van der Waals surface area contributed by atoms with Crippen molar-refractivity contribution in [1.29, 1.82) is 0 Å². The zero-order chi connectivity index (χ0) is 23.4. The average molecular weight is 483 g/mol. The van der Waals surface area contributed by atoms with E-state index in [9.17, 15) is 30.0 Å². The summed E-state index contributed by atoms with van der Waals surface area (Å²) in [6.45, 7) is 3.67. The Morgan fingerprint density at radius 1 is 0.968 bits per heavy atom. The highest BCUT2D eigenvalue weighted by atomic mass is 32.2. The zero-order valence-corrected chi connectivity index (χ0v) is 18.4. The normalized spacial score (nSPS) is 12.6. The fraction of sp³-hybridized carbons (Fsp3) is 0.333. The molecule has 0 aliphatic carbocycles. The second-order valence-electron chi connectivity index (χ2n) is 6.05. The average Bonchev–Trinajstić information content (AvgIpc) is 2.67. The molecule has 13 heteroatoms. The van der Waals surface area contributed by atoms with E-state index in [1.54, 1.807) is 13.8 Å². The van der Waals surface area contributed by atoms with Gasteiger partial charge in [0.05, 0.1) is 17.7 Å². The van der Waals surface area contributed by atoms with E-state index in [4.69, 9.17) is 4.74 Å². The first-order valence-corrected chi connectivity index (χ1v) is 11.8. The van der Waals surface area contributed by atoms with E-state index in [-0.39, 0.29) is 29.4 Å². The quantitative estimate of drug-likeness (QED) is 0.588. The van der Waals surface area contributed by atoms with Gasteiger partial charge in [0.1, 0.15) is 16.4 Å². The fourth-order valence-electron chi connectivity index (χ4n) is 2.72. The molecular formula is C18H21F3N2O6S2. The number of ether oxygens (including phenoxy) is 2. The lowest BCUT2D eigenvalue weighted by Crippen LogP contribution is -2.30. The molecule has 0 heterocycles. The molecule has 31 heavy (non-hydrogen) atoms.